The Morgan fingerprint density at radius 2 is 1.81 bits per heavy atom. The lowest BCUT2D eigenvalue weighted by Crippen LogP contribution is -2.03. The van der Waals surface area contributed by atoms with Crippen molar-refractivity contribution in [3.8, 4) is 11.6 Å². The number of nitrogen functional groups attached to an aromatic ring is 1. The highest BCUT2D eigenvalue weighted by Crippen LogP contribution is 2.30. The lowest BCUT2D eigenvalue weighted by atomic mass is 10.4. The van der Waals surface area contributed by atoms with Crippen LogP contribution in [0, 0.1) is 0 Å². The molecule has 0 radical (unpaired) electrons. The third-order valence-corrected chi connectivity index (χ3v) is 2.62. The van der Waals surface area contributed by atoms with Crippen molar-refractivity contribution < 1.29 is 4.74 Å². The minimum atomic E-state index is 0.268. The predicted octanol–water partition coefficient (Wildman–Crippen LogP) is 2.38. The molecule has 0 bridgehead atoms. The number of nitrogens with zero attached hydrogens (tertiary/aromatic N) is 4. The van der Waals surface area contributed by atoms with Crippen LogP contribution >= 0.6 is 0 Å². The van der Waals surface area contributed by atoms with Crippen LogP contribution in [0.3, 0.4) is 0 Å². The summed E-state index contributed by atoms with van der Waals surface area (Å²) in [5.74, 6) is 1.27. The van der Waals surface area contributed by atoms with Crippen LogP contribution in [-0.2, 0) is 0 Å². The largest absolute Gasteiger partial charge is 0.435 e. The van der Waals surface area contributed by atoms with Crippen LogP contribution in [0.1, 0.15) is 0 Å². The lowest BCUT2D eigenvalue weighted by Gasteiger charge is -2.11. The van der Waals surface area contributed by atoms with Crippen molar-refractivity contribution in [2.75, 3.05) is 11.1 Å². The van der Waals surface area contributed by atoms with Crippen LogP contribution in [0.4, 0.5) is 17.2 Å². The maximum atomic E-state index is 6.03. The van der Waals surface area contributed by atoms with Gasteiger partial charge in [0.2, 0.25) is 5.88 Å². The number of aromatic nitrogens is 4. The zero-order chi connectivity index (χ0) is 14.5. The van der Waals surface area contributed by atoms with E-state index in [1.807, 2.05) is 12.1 Å². The van der Waals surface area contributed by atoms with Gasteiger partial charge >= 0.3 is 0 Å². The van der Waals surface area contributed by atoms with Gasteiger partial charge in [0.1, 0.15) is 17.8 Å². The standard InChI is InChI=1S/C14H12N6O/c15-12-13(20-10-3-1-5-16-7-10)18-9-19-14(12)21-11-4-2-6-17-8-11/h1-9H,15H2,(H,18,19,20). The third kappa shape index (κ3) is 3.03. The molecule has 3 aromatic heterocycles. The maximum Gasteiger partial charge on any atom is 0.248 e. The third-order valence-electron chi connectivity index (χ3n) is 2.62. The molecule has 7 nitrogen and oxygen atoms in total. The molecule has 0 aliphatic heterocycles. The van der Waals surface area contributed by atoms with Gasteiger partial charge in [0.05, 0.1) is 18.1 Å². The van der Waals surface area contributed by atoms with Gasteiger partial charge in [-0.05, 0) is 24.3 Å². The summed E-state index contributed by atoms with van der Waals surface area (Å²) >= 11 is 0. The molecule has 0 saturated heterocycles. The summed E-state index contributed by atoms with van der Waals surface area (Å²) in [7, 11) is 0. The minimum absolute atomic E-state index is 0.268. The molecule has 0 aromatic carbocycles. The van der Waals surface area contributed by atoms with E-state index >= 15 is 0 Å². The number of ether oxygens (including phenoxy) is 1. The van der Waals surface area contributed by atoms with Crippen molar-refractivity contribution >= 4 is 17.2 Å². The van der Waals surface area contributed by atoms with Crippen LogP contribution in [0.25, 0.3) is 0 Å². The van der Waals surface area contributed by atoms with Crippen molar-refractivity contribution in [3.05, 3.63) is 55.4 Å². The summed E-state index contributed by atoms with van der Waals surface area (Å²) < 4.78 is 5.59. The second-order valence-electron chi connectivity index (χ2n) is 4.10. The Balaban J connectivity index is 1.85. The van der Waals surface area contributed by atoms with Crippen molar-refractivity contribution in [1.29, 1.82) is 0 Å². The zero-order valence-corrected chi connectivity index (χ0v) is 11.0. The maximum absolute atomic E-state index is 6.03. The molecule has 0 aliphatic rings. The van der Waals surface area contributed by atoms with Gasteiger partial charge in [-0.25, -0.2) is 4.98 Å². The highest BCUT2D eigenvalue weighted by Gasteiger charge is 2.10. The zero-order valence-electron chi connectivity index (χ0n) is 11.0. The van der Waals surface area contributed by atoms with Crippen molar-refractivity contribution in [2.45, 2.75) is 0 Å². The second-order valence-corrected chi connectivity index (χ2v) is 4.10. The second kappa shape index (κ2) is 5.83. The summed E-state index contributed by atoms with van der Waals surface area (Å²) in [6, 6.07) is 7.20. The number of rotatable bonds is 4. The van der Waals surface area contributed by atoms with Gasteiger partial charge in [0.25, 0.3) is 0 Å². The average Bonchev–Trinajstić information content (AvgIpc) is 2.53. The molecule has 0 fully saturated rings. The highest BCUT2D eigenvalue weighted by atomic mass is 16.5. The Kier molecular flexibility index (Phi) is 3.55. The first-order chi connectivity index (χ1) is 10.3. The summed E-state index contributed by atoms with van der Waals surface area (Å²) in [6.07, 6.45) is 7.97. The van der Waals surface area contributed by atoms with E-state index in [0.29, 0.717) is 17.3 Å². The van der Waals surface area contributed by atoms with Crippen LogP contribution in [-0.4, -0.2) is 19.9 Å². The van der Waals surface area contributed by atoms with Crippen molar-refractivity contribution in [2.24, 2.45) is 0 Å². The number of pyridine rings is 2. The van der Waals surface area contributed by atoms with Gasteiger partial charge in [0.15, 0.2) is 5.82 Å². The van der Waals surface area contributed by atoms with Gasteiger partial charge in [-0.15, -0.1) is 0 Å². The van der Waals surface area contributed by atoms with E-state index in [2.05, 4.69) is 25.3 Å². The fraction of sp³-hybridized carbons (Fsp3) is 0. The molecule has 0 aliphatic carbocycles. The first kappa shape index (κ1) is 12.8. The van der Waals surface area contributed by atoms with Gasteiger partial charge in [-0.2, -0.15) is 4.98 Å². The van der Waals surface area contributed by atoms with Crippen LogP contribution in [0.5, 0.6) is 11.6 Å². The van der Waals surface area contributed by atoms with E-state index in [4.69, 9.17) is 10.5 Å². The Morgan fingerprint density at radius 1 is 1.00 bits per heavy atom. The molecule has 3 N–H and O–H groups in total. The van der Waals surface area contributed by atoms with E-state index in [9.17, 15) is 0 Å². The molecule has 21 heavy (non-hydrogen) atoms. The lowest BCUT2D eigenvalue weighted by molar-refractivity contribution is 0.462. The number of nitrogens with one attached hydrogen (secondary N) is 1. The summed E-state index contributed by atoms with van der Waals surface area (Å²) in [4.78, 5) is 16.1. The molecule has 0 unspecified atom stereocenters. The van der Waals surface area contributed by atoms with Gasteiger partial charge in [-0.1, -0.05) is 0 Å². The molecule has 7 heteroatoms. The Morgan fingerprint density at radius 3 is 2.52 bits per heavy atom. The predicted molar refractivity (Wildman–Crippen MR) is 78.3 cm³/mol. The Labute approximate surface area is 120 Å². The number of nitrogens with two attached hydrogens (primary N) is 1. The number of hydrogen-bond donors (Lipinski definition) is 2. The summed E-state index contributed by atoms with van der Waals surface area (Å²) in [5.41, 5.74) is 7.11. The Bertz CT molecular complexity index is 660. The molecule has 0 amide bonds. The van der Waals surface area contributed by atoms with E-state index in [1.54, 1.807) is 36.9 Å². The minimum Gasteiger partial charge on any atom is -0.435 e. The van der Waals surface area contributed by atoms with E-state index in [1.165, 1.54) is 6.33 Å². The molecular weight excluding hydrogens is 268 g/mol. The summed E-state index contributed by atoms with van der Waals surface area (Å²) in [6.45, 7) is 0. The average molecular weight is 280 g/mol. The highest BCUT2D eigenvalue weighted by molar-refractivity contribution is 5.72. The van der Waals surface area contributed by atoms with E-state index in [0.717, 1.165) is 5.69 Å². The van der Waals surface area contributed by atoms with E-state index < -0.39 is 0 Å². The van der Waals surface area contributed by atoms with Gasteiger partial charge in [-0.3, -0.25) is 9.97 Å². The smallest absolute Gasteiger partial charge is 0.248 e. The molecular formula is C14H12N6O. The van der Waals surface area contributed by atoms with Crippen LogP contribution in [0.2, 0.25) is 0 Å². The first-order valence-electron chi connectivity index (χ1n) is 6.18. The van der Waals surface area contributed by atoms with Gasteiger partial charge < -0.3 is 15.8 Å². The van der Waals surface area contributed by atoms with E-state index in [-0.39, 0.29) is 5.88 Å². The Hall–Kier alpha value is -3.22. The molecule has 0 atom stereocenters. The number of hydrogen-bond acceptors (Lipinski definition) is 7. The van der Waals surface area contributed by atoms with Gasteiger partial charge in [0, 0.05) is 12.4 Å². The molecule has 104 valence electrons. The van der Waals surface area contributed by atoms with Crippen LogP contribution < -0.4 is 15.8 Å². The fourth-order valence-electron chi connectivity index (χ4n) is 1.65. The first-order valence-corrected chi connectivity index (χ1v) is 6.18. The summed E-state index contributed by atoms with van der Waals surface area (Å²) in [5, 5.41) is 3.06. The fourth-order valence-corrected chi connectivity index (χ4v) is 1.65. The molecule has 0 saturated carbocycles. The normalized spacial score (nSPS) is 10.1. The van der Waals surface area contributed by atoms with Crippen molar-refractivity contribution in [1.82, 2.24) is 19.9 Å². The molecule has 3 aromatic rings. The van der Waals surface area contributed by atoms with Crippen molar-refractivity contribution in [3.63, 3.8) is 0 Å². The monoisotopic (exact) mass is 280 g/mol. The van der Waals surface area contributed by atoms with Crippen LogP contribution in [0.15, 0.2) is 55.4 Å². The molecule has 3 heterocycles. The molecule has 0 spiro atoms. The SMILES string of the molecule is Nc1c(Nc2cccnc2)ncnc1Oc1cccnc1. The number of anilines is 3. The molecule has 3 rings (SSSR count). The quantitative estimate of drug-likeness (QED) is 0.756. The topological polar surface area (TPSA) is 98.8 Å².